The van der Waals surface area contributed by atoms with E-state index in [9.17, 15) is 22.4 Å². The Kier molecular flexibility index (Phi) is 5.78. The highest BCUT2D eigenvalue weighted by Crippen LogP contribution is 2.40. The first kappa shape index (κ1) is 19.7. The number of benzene rings is 1. The summed E-state index contributed by atoms with van der Waals surface area (Å²) in [4.78, 5) is 11.0. The van der Waals surface area contributed by atoms with Crippen molar-refractivity contribution < 1.29 is 27.1 Å². The van der Waals surface area contributed by atoms with Crippen molar-refractivity contribution in [2.75, 3.05) is 6.61 Å². The summed E-state index contributed by atoms with van der Waals surface area (Å²) in [6.45, 7) is 1.35. The van der Waals surface area contributed by atoms with Crippen molar-refractivity contribution in [2.45, 2.75) is 17.9 Å². The molecule has 1 atom stereocenters. The number of carbonyl (C=O) groups excluding carboxylic acids is 1. The second-order valence-corrected chi connectivity index (χ2v) is 6.33. The summed E-state index contributed by atoms with van der Waals surface area (Å²) in [7, 11) is 1.23. The van der Waals surface area contributed by atoms with Gasteiger partial charge < -0.3 is 4.74 Å². The Morgan fingerprint density at radius 2 is 2.08 bits per heavy atom. The lowest BCUT2D eigenvalue weighted by Crippen LogP contribution is -2.16. The van der Waals surface area contributed by atoms with Gasteiger partial charge in [-0.25, -0.2) is 9.18 Å². The van der Waals surface area contributed by atoms with Gasteiger partial charge in [0.1, 0.15) is 11.4 Å². The monoisotopic (exact) mass is 442 g/mol. The van der Waals surface area contributed by atoms with E-state index in [1.165, 1.54) is 26.1 Å². The van der Waals surface area contributed by atoms with Crippen LogP contribution in [-0.4, -0.2) is 22.4 Å². The molecule has 0 aliphatic rings. The first-order valence-corrected chi connectivity index (χ1v) is 8.27. The number of aromatic nitrogens is 2. The third-order valence-corrected chi connectivity index (χ3v) is 4.48. The number of halogens is 6. The maximum absolute atomic E-state index is 14.2. The number of ether oxygens (including phenoxy) is 1. The quantitative estimate of drug-likeness (QED) is 0.384. The van der Waals surface area contributed by atoms with Gasteiger partial charge in [-0.3, -0.25) is 4.68 Å². The summed E-state index contributed by atoms with van der Waals surface area (Å²) in [5.74, 6) is -1.92. The van der Waals surface area contributed by atoms with Crippen molar-refractivity contribution in [2.24, 2.45) is 7.05 Å². The van der Waals surface area contributed by atoms with Gasteiger partial charge in [0.2, 0.25) is 0 Å². The second kappa shape index (κ2) is 7.33. The van der Waals surface area contributed by atoms with Crippen molar-refractivity contribution >= 4 is 33.5 Å². The molecule has 1 aromatic heterocycles. The van der Waals surface area contributed by atoms with E-state index < -0.39 is 34.0 Å². The highest BCUT2D eigenvalue weighted by atomic mass is 79.9. The molecule has 0 bridgehead atoms. The first-order valence-electron chi connectivity index (χ1n) is 6.98. The molecular weight excluding hydrogens is 432 g/mol. The van der Waals surface area contributed by atoms with E-state index >= 15 is 0 Å². The lowest BCUT2D eigenvalue weighted by molar-refractivity contribution is -0.142. The number of hydrogen-bond acceptors (Lipinski definition) is 3. The van der Waals surface area contributed by atoms with Crippen LogP contribution in [0.4, 0.5) is 17.6 Å². The molecule has 0 aliphatic carbocycles. The summed E-state index contributed by atoms with van der Waals surface area (Å²) < 4.78 is 59.5. The molecule has 0 N–H and O–H groups in total. The van der Waals surface area contributed by atoms with Crippen LogP contribution in [0.15, 0.2) is 18.2 Å². The van der Waals surface area contributed by atoms with Crippen LogP contribution < -0.4 is 0 Å². The lowest BCUT2D eigenvalue weighted by atomic mass is 10.0. The molecule has 2 aromatic rings. The Morgan fingerprint density at radius 1 is 1.44 bits per heavy atom. The zero-order chi connectivity index (χ0) is 18.9. The van der Waals surface area contributed by atoms with E-state index in [1.807, 2.05) is 0 Å². The molecule has 0 spiro atoms. The Hall–Kier alpha value is -1.61. The van der Waals surface area contributed by atoms with Crippen LogP contribution in [0, 0.1) is 5.82 Å². The normalized spacial score (nSPS) is 13.0. The third kappa shape index (κ3) is 3.98. The number of esters is 1. The number of nitrogens with zero attached hydrogens (tertiary/aromatic N) is 2. The van der Waals surface area contributed by atoms with Gasteiger partial charge in [-0.1, -0.05) is 33.6 Å². The van der Waals surface area contributed by atoms with Crippen molar-refractivity contribution in [3.8, 4) is 0 Å². The average molecular weight is 444 g/mol. The molecule has 136 valence electrons. The molecule has 1 unspecified atom stereocenters. The minimum Gasteiger partial charge on any atom is -0.462 e. The maximum atomic E-state index is 14.2. The van der Waals surface area contributed by atoms with E-state index in [0.717, 1.165) is 10.7 Å². The predicted octanol–water partition coefficient (Wildman–Crippen LogP) is 4.89. The number of hydrogen-bond donors (Lipinski definition) is 0. The molecule has 0 saturated carbocycles. The highest BCUT2D eigenvalue weighted by Gasteiger charge is 2.43. The second-order valence-electron chi connectivity index (χ2n) is 4.98. The van der Waals surface area contributed by atoms with Gasteiger partial charge in [-0.15, -0.1) is 0 Å². The van der Waals surface area contributed by atoms with Crippen LogP contribution in [0.25, 0.3) is 0 Å². The predicted molar refractivity (Wildman–Crippen MR) is 86.3 cm³/mol. The summed E-state index contributed by atoms with van der Waals surface area (Å²) in [5, 5.41) is 3.52. The largest absolute Gasteiger partial charge is 0.462 e. The van der Waals surface area contributed by atoms with E-state index in [2.05, 4.69) is 21.0 Å². The molecule has 2 rings (SSSR count). The van der Waals surface area contributed by atoms with Crippen LogP contribution in [-0.2, 0) is 18.0 Å². The summed E-state index contributed by atoms with van der Waals surface area (Å²) in [5.41, 5.74) is -2.31. The Morgan fingerprint density at radius 3 is 2.60 bits per heavy atom. The van der Waals surface area contributed by atoms with E-state index in [-0.39, 0.29) is 22.9 Å². The minimum atomic E-state index is -4.87. The molecule has 1 heterocycles. The number of carbonyl (C=O) groups is 1. The maximum Gasteiger partial charge on any atom is 0.436 e. The van der Waals surface area contributed by atoms with Crippen molar-refractivity contribution in [1.29, 1.82) is 0 Å². The van der Waals surface area contributed by atoms with Gasteiger partial charge in [-0.2, -0.15) is 18.3 Å². The number of aryl methyl sites for hydroxylation is 1. The molecule has 0 aliphatic heterocycles. The molecule has 25 heavy (non-hydrogen) atoms. The van der Waals surface area contributed by atoms with Crippen molar-refractivity contribution in [3.63, 3.8) is 0 Å². The van der Waals surface area contributed by atoms with Gasteiger partial charge >= 0.3 is 12.1 Å². The van der Waals surface area contributed by atoms with E-state index in [4.69, 9.17) is 16.3 Å². The van der Waals surface area contributed by atoms with Gasteiger partial charge in [0.05, 0.1) is 17.1 Å². The van der Waals surface area contributed by atoms with Gasteiger partial charge in [0.15, 0.2) is 5.69 Å². The van der Waals surface area contributed by atoms with Gasteiger partial charge in [0, 0.05) is 17.6 Å². The molecule has 4 nitrogen and oxygen atoms in total. The lowest BCUT2D eigenvalue weighted by Gasteiger charge is -2.14. The highest BCUT2D eigenvalue weighted by molar-refractivity contribution is 9.09. The average Bonchev–Trinajstić information content (AvgIpc) is 2.84. The van der Waals surface area contributed by atoms with Crippen LogP contribution in [0.3, 0.4) is 0 Å². The SMILES string of the molecule is CCOC(=O)c1c(C(F)(F)F)nn(C)c1C(Br)c1ccc(Cl)cc1F. The fourth-order valence-corrected chi connectivity index (χ4v) is 3.34. The van der Waals surface area contributed by atoms with Crippen molar-refractivity contribution in [1.82, 2.24) is 9.78 Å². The Balaban J connectivity index is 2.67. The van der Waals surface area contributed by atoms with Crippen LogP contribution in [0.2, 0.25) is 5.02 Å². The number of alkyl halides is 4. The standard InChI is InChI=1S/C15H12BrClF4N2O2/c1-3-25-14(24)10-12(23(2)22-13(10)15(19,20)21)11(16)8-5-4-7(17)6-9(8)18/h4-6,11H,3H2,1-2H3. The molecule has 0 saturated heterocycles. The fraction of sp³-hybridized carbons (Fsp3) is 0.333. The van der Waals surface area contributed by atoms with Gasteiger partial charge in [0.25, 0.3) is 0 Å². The van der Waals surface area contributed by atoms with Crippen LogP contribution in [0.1, 0.15) is 39.1 Å². The third-order valence-electron chi connectivity index (χ3n) is 3.32. The van der Waals surface area contributed by atoms with E-state index in [0.29, 0.717) is 0 Å². The minimum absolute atomic E-state index is 0.00618. The molecule has 10 heteroatoms. The Labute approximate surface area is 153 Å². The molecular formula is C15H12BrClF4N2O2. The smallest absolute Gasteiger partial charge is 0.436 e. The molecule has 0 amide bonds. The topological polar surface area (TPSA) is 44.1 Å². The van der Waals surface area contributed by atoms with E-state index in [1.54, 1.807) is 0 Å². The zero-order valence-corrected chi connectivity index (χ0v) is 15.3. The summed E-state index contributed by atoms with van der Waals surface area (Å²) in [6, 6.07) is 3.72. The van der Waals surface area contributed by atoms with Crippen LogP contribution >= 0.6 is 27.5 Å². The molecule has 0 radical (unpaired) electrons. The zero-order valence-electron chi connectivity index (χ0n) is 13.0. The van der Waals surface area contributed by atoms with Crippen LogP contribution in [0.5, 0.6) is 0 Å². The summed E-state index contributed by atoms with van der Waals surface area (Å²) in [6.07, 6.45) is -4.87. The number of rotatable bonds is 4. The Bertz CT molecular complexity index is 808. The fourth-order valence-electron chi connectivity index (χ4n) is 2.29. The summed E-state index contributed by atoms with van der Waals surface area (Å²) >= 11 is 8.84. The van der Waals surface area contributed by atoms with Gasteiger partial charge in [-0.05, 0) is 19.1 Å². The molecule has 0 fully saturated rings. The van der Waals surface area contributed by atoms with Crippen molar-refractivity contribution in [3.05, 3.63) is 51.6 Å². The first-order chi connectivity index (χ1) is 11.6. The molecule has 1 aromatic carbocycles.